The number of aromatic nitrogens is 3. The zero-order chi connectivity index (χ0) is 17.0. The number of aryl methyl sites for hydroxylation is 1. The number of thiazole rings is 1. The lowest BCUT2D eigenvalue weighted by Crippen LogP contribution is -2.22. The third-order valence-electron chi connectivity index (χ3n) is 4.65. The second kappa shape index (κ2) is 5.29. The van der Waals surface area contributed by atoms with Crippen molar-refractivity contribution >= 4 is 44.3 Å². The zero-order valence-corrected chi connectivity index (χ0v) is 14.4. The molecule has 0 bridgehead atoms. The van der Waals surface area contributed by atoms with Gasteiger partial charge >= 0.3 is 0 Å². The van der Waals surface area contributed by atoms with Gasteiger partial charge in [0.05, 0.1) is 15.6 Å². The molecule has 0 saturated heterocycles. The Morgan fingerprint density at radius 3 is 2.96 bits per heavy atom. The van der Waals surface area contributed by atoms with Gasteiger partial charge < -0.3 is 4.98 Å². The number of imidazole rings is 1. The van der Waals surface area contributed by atoms with Crippen LogP contribution >= 0.6 is 11.3 Å². The highest BCUT2D eigenvalue weighted by Crippen LogP contribution is 2.23. The van der Waals surface area contributed by atoms with Crippen molar-refractivity contribution in [1.82, 2.24) is 14.4 Å². The second-order valence-corrected chi connectivity index (χ2v) is 7.08. The number of nitrogens with one attached hydrogen (secondary N) is 1. The summed E-state index contributed by atoms with van der Waals surface area (Å²) in [6, 6.07) is 14.0. The van der Waals surface area contributed by atoms with E-state index in [2.05, 4.69) is 35.1 Å². The van der Waals surface area contributed by atoms with E-state index >= 15 is 0 Å². The number of hydrogen-bond acceptors (Lipinski definition) is 3. The van der Waals surface area contributed by atoms with Gasteiger partial charge in [0.2, 0.25) is 0 Å². The summed E-state index contributed by atoms with van der Waals surface area (Å²) < 4.78 is 2.41. The lowest BCUT2D eigenvalue weighted by molar-refractivity contribution is 1.15. The van der Waals surface area contributed by atoms with Gasteiger partial charge in [-0.05, 0) is 30.2 Å². The molecule has 0 radical (unpaired) electrons. The Morgan fingerprint density at radius 1 is 1.20 bits per heavy atom. The van der Waals surface area contributed by atoms with Crippen molar-refractivity contribution < 1.29 is 0 Å². The van der Waals surface area contributed by atoms with Gasteiger partial charge in [-0.1, -0.05) is 48.6 Å². The van der Waals surface area contributed by atoms with Crippen LogP contribution in [-0.2, 0) is 6.42 Å². The number of nitrogens with zero attached hydrogens (tertiary/aromatic N) is 2. The van der Waals surface area contributed by atoms with Gasteiger partial charge in [-0.3, -0.25) is 4.79 Å². The van der Waals surface area contributed by atoms with E-state index in [0.717, 1.165) is 38.9 Å². The number of rotatable bonds is 2. The highest BCUT2D eigenvalue weighted by molar-refractivity contribution is 7.15. The Morgan fingerprint density at radius 2 is 2.08 bits per heavy atom. The molecule has 0 unspecified atom stereocenters. The van der Waals surface area contributed by atoms with Gasteiger partial charge in [0.25, 0.3) is 5.56 Å². The molecule has 5 heteroatoms. The molecule has 0 fully saturated rings. The Labute approximate surface area is 147 Å². The Hall–Kier alpha value is -2.92. The first-order chi connectivity index (χ1) is 12.3. The molecular formula is C20H15N3OS. The molecule has 25 heavy (non-hydrogen) atoms. The summed E-state index contributed by atoms with van der Waals surface area (Å²) in [6.07, 6.45) is 4.92. The monoisotopic (exact) mass is 345 g/mol. The SMILES string of the molecule is CCc1cccc2c(/C=c3/sc4nc5ccccc5n4c3=O)c[nH]c12. The smallest absolute Gasteiger partial charge is 0.274 e. The lowest BCUT2D eigenvalue weighted by atomic mass is 10.1. The van der Waals surface area contributed by atoms with Crippen molar-refractivity contribution in [2.45, 2.75) is 13.3 Å². The number of benzene rings is 2. The summed E-state index contributed by atoms with van der Waals surface area (Å²) in [7, 11) is 0. The van der Waals surface area contributed by atoms with Crippen LogP contribution in [0.2, 0.25) is 0 Å². The summed E-state index contributed by atoms with van der Waals surface area (Å²) >= 11 is 1.44. The molecule has 3 aromatic heterocycles. The van der Waals surface area contributed by atoms with Crippen molar-refractivity contribution in [2.75, 3.05) is 0 Å². The van der Waals surface area contributed by atoms with E-state index in [0.29, 0.717) is 4.53 Å². The van der Waals surface area contributed by atoms with Gasteiger partial charge in [-0.25, -0.2) is 9.38 Å². The molecule has 0 aliphatic carbocycles. The van der Waals surface area contributed by atoms with Crippen molar-refractivity contribution in [3.05, 3.63) is 74.7 Å². The highest BCUT2D eigenvalue weighted by Gasteiger charge is 2.11. The van der Waals surface area contributed by atoms with Gasteiger partial charge in [0, 0.05) is 22.7 Å². The first kappa shape index (κ1) is 14.4. The molecule has 0 aliphatic heterocycles. The lowest BCUT2D eigenvalue weighted by Gasteiger charge is -1.98. The van der Waals surface area contributed by atoms with Crippen LogP contribution in [-0.4, -0.2) is 14.4 Å². The maximum absolute atomic E-state index is 12.9. The molecule has 5 aromatic rings. The standard InChI is InChI=1S/C20H15N3OS/c1-2-12-6-5-7-14-13(11-21-18(12)14)10-17-19(24)23-16-9-4-3-8-15(16)22-20(23)25-17/h3-11,21H,2H2,1H3/b17-10+. The van der Waals surface area contributed by atoms with Gasteiger partial charge in [-0.15, -0.1) is 0 Å². The van der Waals surface area contributed by atoms with Crippen LogP contribution in [0.25, 0.3) is 33.0 Å². The van der Waals surface area contributed by atoms with E-state index in [1.54, 1.807) is 4.40 Å². The van der Waals surface area contributed by atoms with Crippen molar-refractivity contribution in [3.63, 3.8) is 0 Å². The fourth-order valence-corrected chi connectivity index (χ4v) is 4.38. The van der Waals surface area contributed by atoms with Crippen LogP contribution in [0, 0.1) is 0 Å². The summed E-state index contributed by atoms with van der Waals surface area (Å²) in [5, 5.41) is 1.15. The number of fused-ring (bicyclic) bond motifs is 4. The number of H-pyrrole nitrogens is 1. The van der Waals surface area contributed by atoms with E-state index in [4.69, 9.17) is 0 Å². The van der Waals surface area contributed by atoms with Crippen LogP contribution in [0.4, 0.5) is 0 Å². The van der Waals surface area contributed by atoms with E-state index in [1.807, 2.05) is 36.5 Å². The van der Waals surface area contributed by atoms with Crippen molar-refractivity contribution in [2.24, 2.45) is 0 Å². The molecule has 3 heterocycles. The minimum absolute atomic E-state index is 0.00491. The van der Waals surface area contributed by atoms with Crippen molar-refractivity contribution in [3.8, 4) is 0 Å². The molecule has 5 rings (SSSR count). The van der Waals surface area contributed by atoms with E-state index < -0.39 is 0 Å². The second-order valence-electron chi connectivity index (χ2n) is 6.07. The Kier molecular flexibility index (Phi) is 3.05. The van der Waals surface area contributed by atoms with Crippen LogP contribution in [0.1, 0.15) is 18.1 Å². The molecule has 122 valence electrons. The topological polar surface area (TPSA) is 50.2 Å². The Bertz CT molecular complexity index is 1360. The predicted octanol–water partition coefficient (Wildman–Crippen LogP) is 3.50. The molecule has 0 atom stereocenters. The first-order valence-corrected chi connectivity index (χ1v) is 9.08. The van der Waals surface area contributed by atoms with E-state index in [-0.39, 0.29) is 5.56 Å². The van der Waals surface area contributed by atoms with E-state index in [9.17, 15) is 4.79 Å². The third kappa shape index (κ3) is 2.06. The molecule has 2 aromatic carbocycles. The van der Waals surface area contributed by atoms with Crippen molar-refractivity contribution in [1.29, 1.82) is 0 Å². The zero-order valence-electron chi connectivity index (χ0n) is 13.6. The summed E-state index contributed by atoms with van der Waals surface area (Å²) in [4.78, 5) is 21.5. The average Bonchev–Trinajstić information content (AvgIpc) is 3.29. The van der Waals surface area contributed by atoms with Crippen LogP contribution in [0.3, 0.4) is 0 Å². The quantitative estimate of drug-likeness (QED) is 0.532. The maximum atomic E-state index is 12.9. The minimum atomic E-state index is -0.00491. The minimum Gasteiger partial charge on any atom is -0.360 e. The predicted molar refractivity (Wildman–Crippen MR) is 103 cm³/mol. The van der Waals surface area contributed by atoms with Crippen LogP contribution in [0.15, 0.2) is 53.5 Å². The fourth-order valence-electron chi connectivity index (χ4n) is 3.41. The molecule has 0 aliphatic rings. The summed E-state index contributed by atoms with van der Waals surface area (Å²) in [5.41, 5.74) is 5.19. The molecule has 4 nitrogen and oxygen atoms in total. The van der Waals surface area contributed by atoms with Crippen LogP contribution in [0.5, 0.6) is 0 Å². The average molecular weight is 345 g/mol. The fraction of sp³-hybridized carbons (Fsp3) is 0.100. The highest BCUT2D eigenvalue weighted by atomic mass is 32.1. The normalized spacial score (nSPS) is 12.8. The number of para-hydroxylation sites is 3. The van der Waals surface area contributed by atoms with Gasteiger partial charge in [-0.2, -0.15) is 0 Å². The number of aromatic amines is 1. The first-order valence-electron chi connectivity index (χ1n) is 8.27. The molecular weight excluding hydrogens is 330 g/mol. The summed E-state index contributed by atoms with van der Waals surface area (Å²) in [6.45, 7) is 2.15. The van der Waals surface area contributed by atoms with Gasteiger partial charge in [0.15, 0.2) is 4.96 Å². The molecule has 1 N–H and O–H groups in total. The maximum Gasteiger partial charge on any atom is 0.274 e. The van der Waals surface area contributed by atoms with E-state index in [1.165, 1.54) is 16.9 Å². The Balaban J connectivity index is 1.79. The number of hydrogen-bond donors (Lipinski definition) is 1. The molecule has 0 spiro atoms. The van der Waals surface area contributed by atoms with Crippen LogP contribution < -0.4 is 10.1 Å². The third-order valence-corrected chi connectivity index (χ3v) is 5.62. The van der Waals surface area contributed by atoms with Gasteiger partial charge in [0.1, 0.15) is 0 Å². The largest absolute Gasteiger partial charge is 0.360 e. The summed E-state index contributed by atoms with van der Waals surface area (Å²) in [5.74, 6) is 0. The molecule has 0 amide bonds. The molecule has 0 saturated carbocycles.